The number of rotatable bonds is 5. The number of hydrogen-bond acceptors (Lipinski definition) is 3. The lowest BCUT2D eigenvalue weighted by Crippen LogP contribution is -2.43. The maximum Gasteiger partial charge on any atom is 0.409 e. The van der Waals surface area contributed by atoms with E-state index < -0.39 is 0 Å². The second-order valence-corrected chi connectivity index (χ2v) is 6.79. The topological polar surface area (TPSA) is 41.6 Å². The van der Waals surface area contributed by atoms with E-state index in [9.17, 15) is 4.79 Å². The van der Waals surface area contributed by atoms with Crippen LogP contribution in [0.15, 0.2) is 24.3 Å². The van der Waals surface area contributed by atoms with Gasteiger partial charge in [0.2, 0.25) is 0 Å². The number of amides is 1. The van der Waals surface area contributed by atoms with Crippen LogP contribution in [0.25, 0.3) is 0 Å². The minimum Gasteiger partial charge on any atom is -0.450 e. The van der Waals surface area contributed by atoms with Crippen molar-refractivity contribution in [2.45, 2.75) is 44.2 Å². The van der Waals surface area contributed by atoms with E-state index in [0.717, 1.165) is 31.0 Å². The molecule has 1 saturated heterocycles. The van der Waals surface area contributed by atoms with Crippen LogP contribution in [0.1, 0.15) is 31.7 Å². The SMILES string of the molecule is CCOC(=O)N1CCC(NC2(Cc3ccc(Cl)cc3)CC2)C1. The Morgan fingerprint density at radius 3 is 2.77 bits per heavy atom. The fourth-order valence-corrected chi connectivity index (χ4v) is 3.33. The lowest BCUT2D eigenvalue weighted by atomic mass is 10.0. The van der Waals surface area contributed by atoms with Gasteiger partial charge in [-0.2, -0.15) is 0 Å². The summed E-state index contributed by atoms with van der Waals surface area (Å²) in [5.74, 6) is 0. The first kappa shape index (κ1) is 15.6. The van der Waals surface area contributed by atoms with Gasteiger partial charge in [0, 0.05) is 29.7 Å². The summed E-state index contributed by atoms with van der Waals surface area (Å²) in [6, 6.07) is 8.47. The molecule has 1 saturated carbocycles. The monoisotopic (exact) mass is 322 g/mol. The predicted octanol–water partition coefficient (Wildman–Crippen LogP) is 3.24. The maximum absolute atomic E-state index is 11.8. The molecule has 1 aliphatic carbocycles. The fraction of sp³-hybridized carbons (Fsp3) is 0.588. The molecule has 0 bridgehead atoms. The Bertz CT molecular complexity index is 528. The molecule has 1 unspecified atom stereocenters. The molecule has 2 fully saturated rings. The Morgan fingerprint density at radius 2 is 2.14 bits per heavy atom. The Labute approximate surface area is 136 Å². The lowest BCUT2D eigenvalue weighted by molar-refractivity contribution is 0.114. The largest absolute Gasteiger partial charge is 0.450 e. The Kier molecular flexibility index (Phi) is 4.59. The summed E-state index contributed by atoms with van der Waals surface area (Å²) in [5.41, 5.74) is 1.53. The van der Waals surface area contributed by atoms with Crippen LogP contribution in [0.2, 0.25) is 5.02 Å². The van der Waals surface area contributed by atoms with Crippen molar-refractivity contribution in [3.05, 3.63) is 34.9 Å². The highest BCUT2D eigenvalue weighted by Gasteiger charge is 2.45. The molecule has 1 aliphatic heterocycles. The van der Waals surface area contributed by atoms with Gasteiger partial charge in [0.05, 0.1) is 6.61 Å². The summed E-state index contributed by atoms with van der Waals surface area (Å²) in [5, 5.41) is 4.55. The highest BCUT2D eigenvalue weighted by molar-refractivity contribution is 6.30. The number of benzene rings is 1. The Morgan fingerprint density at radius 1 is 1.41 bits per heavy atom. The summed E-state index contributed by atoms with van der Waals surface area (Å²) >= 11 is 5.94. The minimum absolute atomic E-state index is 0.186. The molecule has 1 amide bonds. The van der Waals surface area contributed by atoms with E-state index in [0.29, 0.717) is 12.6 Å². The first-order chi connectivity index (χ1) is 10.6. The molecule has 0 spiro atoms. The standard InChI is InChI=1S/C17H23ClN2O2/c1-2-22-16(21)20-10-7-15(12-20)19-17(8-9-17)11-13-3-5-14(18)6-4-13/h3-6,15,19H,2,7-12H2,1H3. The lowest BCUT2D eigenvalue weighted by Gasteiger charge is -2.23. The molecule has 5 heteroatoms. The van der Waals surface area contributed by atoms with Gasteiger partial charge in [-0.05, 0) is 50.3 Å². The third kappa shape index (κ3) is 3.73. The molecule has 1 aromatic carbocycles. The molecule has 3 rings (SSSR count). The molecule has 1 atom stereocenters. The van der Waals surface area contributed by atoms with Gasteiger partial charge in [-0.3, -0.25) is 0 Å². The smallest absolute Gasteiger partial charge is 0.409 e. The molecule has 120 valence electrons. The predicted molar refractivity (Wildman–Crippen MR) is 87.3 cm³/mol. The number of ether oxygens (including phenoxy) is 1. The zero-order valence-electron chi connectivity index (χ0n) is 13.0. The summed E-state index contributed by atoms with van der Waals surface area (Å²) in [7, 11) is 0. The molecule has 2 aliphatic rings. The molecule has 4 nitrogen and oxygen atoms in total. The molecule has 22 heavy (non-hydrogen) atoms. The molecular formula is C17H23ClN2O2. The number of nitrogens with one attached hydrogen (secondary N) is 1. The van der Waals surface area contributed by atoms with E-state index in [2.05, 4.69) is 17.4 Å². The van der Waals surface area contributed by atoms with E-state index in [-0.39, 0.29) is 11.6 Å². The van der Waals surface area contributed by atoms with Crippen molar-refractivity contribution < 1.29 is 9.53 Å². The van der Waals surface area contributed by atoms with Gasteiger partial charge in [-0.15, -0.1) is 0 Å². The summed E-state index contributed by atoms with van der Waals surface area (Å²) in [6.07, 6.45) is 4.24. The maximum atomic E-state index is 11.8. The van der Waals surface area contributed by atoms with Crippen LogP contribution in [0, 0.1) is 0 Å². The zero-order chi connectivity index (χ0) is 15.6. The van der Waals surface area contributed by atoms with Gasteiger partial charge >= 0.3 is 6.09 Å². The highest BCUT2D eigenvalue weighted by atomic mass is 35.5. The van der Waals surface area contributed by atoms with Crippen LogP contribution < -0.4 is 5.32 Å². The van der Waals surface area contributed by atoms with Crippen LogP contribution in [0.4, 0.5) is 4.79 Å². The number of hydrogen-bond donors (Lipinski definition) is 1. The third-order valence-corrected chi connectivity index (χ3v) is 4.79. The highest BCUT2D eigenvalue weighted by Crippen LogP contribution is 2.40. The molecule has 0 radical (unpaired) electrons. The second kappa shape index (κ2) is 6.47. The van der Waals surface area contributed by atoms with Crippen LogP contribution >= 0.6 is 11.6 Å². The summed E-state index contributed by atoms with van der Waals surface area (Å²) in [6.45, 7) is 3.82. The molecule has 0 aromatic heterocycles. The van der Waals surface area contributed by atoms with Crippen molar-refractivity contribution in [2.24, 2.45) is 0 Å². The molecule has 1 N–H and O–H groups in total. The van der Waals surface area contributed by atoms with Gasteiger partial charge in [0.1, 0.15) is 0 Å². The van der Waals surface area contributed by atoms with Gasteiger partial charge in [-0.25, -0.2) is 4.79 Å². The first-order valence-electron chi connectivity index (χ1n) is 8.04. The van der Waals surface area contributed by atoms with Crippen molar-refractivity contribution in [3.8, 4) is 0 Å². The number of carbonyl (C=O) groups is 1. The number of nitrogens with zero attached hydrogens (tertiary/aromatic N) is 1. The van der Waals surface area contributed by atoms with Crippen LogP contribution in [-0.2, 0) is 11.2 Å². The van der Waals surface area contributed by atoms with E-state index >= 15 is 0 Å². The van der Waals surface area contributed by atoms with E-state index in [1.54, 1.807) is 4.90 Å². The van der Waals surface area contributed by atoms with Crippen molar-refractivity contribution in [2.75, 3.05) is 19.7 Å². The van der Waals surface area contributed by atoms with Gasteiger partial charge in [0.15, 0.2) is 0 Å². The number of halogens is 1. The average Bonchev–Trinajstić information content (AvgIpc) is 3.07. The first-order valence-corrected chi connectivity index (χ1v) is 8.42. The Balaban J connectivity index is 1.53. The average molecular weight is 323 g/mol. The molecule has 1 heterocycles. The quantitative estimate of drug-likeness (QED) is 0.905. The minimum atomic E-state index is -0.186. The van der Waals surface area contributed by atoms with E-state index in [1.165, 1.54) is 18.4 Å². The van der Waals surface area contributed by atoms with Crippen LogP contribution in [0.5, 0.6) is 0 Å². The van der Waals surface area contributed by atoms with Crippen LogP contribution in [-0.4, -0.2) is 42.3 Å². The van der Waals surface area contributed by atoms with E-state index in [4.69, 9.17) is 16.3 Å². The second-order valence-electron chi connectivity index (χ2n) is 6.36. The fourth-order valence-electron chi connectivity index (χ4n) is 3.21. The zero-order valence-corrected chi connectivity index (χ0v) is 13.7. The normalized spacial score (nSPS) is 22.6. The number of carbonyl (C=O) groups excluding carboxylic acids is 1. The van der Waals surface area contributed by atoms with Crippen molar-refractivity contribution >= 4 is 17.7 Å². The summed E-state index contributed by atoms with van der Waals surface area (Å²) in [4.78, 5) is 13.6. The molecular weight excluding hydrogens is 300 g/mol. The van der Waals surface area contributed by atoms with Crippen molar-refractivity contribution in [3.63, 3.8) is 0 Å². The van der Waals surface area contributed by atoms with Crippen LogP contribution in [0.3, 0.4) is 0 Å². The van der Waals surface area contributed by atoms with Crippen molar-refractivity contribution in [1.82, 2.24) is 10.2 Å². The third-order valence-electron chi connectivity index (χ3n) is 4.53. The Hall–Kier alpha value is -1.26. The van der Waals surface area contributed by atoms with Crippen molar-refractivity contribution in [1.29, 1.82) is 0 Å². The van der Waals surface area contributed by atoms with E-state index in [1.807, 2.05) is 19.1 Å². The van der Waals surface area contributed by atoms with Gasteiger partial charge in [-0.1, -0.05) is 23.7 Å². The van der Waals surface area contributed by atoms with Gasteiger partial charge in [0.25, 0.3) is 0 Å². The van der Waals surface area contributed by atoms with Gasteiger partial charge < -0.3 is 15.0 Å². The molecule has 1 aromatic rings. The number of likely N-dealkylation sites (tertiary alicyclic amines) is 1. The summed E-state index contributed by atoms with van der Waals surface area (Å²) < 4.78 is 5.07.